The zero-order chi connectivity index (χ0) is 14.7. The second kappa shape index (κ2) is 10.6. The quantitative estimate of drug-likeness (QED) is 0.403. The average Bonchev–Trinajstić information content (AvgIpc) is 2.31. The Labute approximate surface area is 114 Å². The van der Waals surface area contributed by atoms with E-state index in [4.69, 9.17) is 0 Å². The van der Waals surface area contributed by atoms with Gasteiger partial charge in [0.25, 0.3) is 0 Å². The summed E-state index contributed by atoms with van der Waals surface area (Å²) in [5.74, 6) is -0.0303. The molecule has 0 rings (SSSR count). The Hall–Kier alpha value is -1.32. The third-order valence-electron chi connectivity index (χ3n) is 2.82. The molecule has 0 radical (unpaired) electrons. The van der Waals surface area contributed by atoms with Crippen LogP contribution in [0.5, 0.6) is 0 Å². The number of carbonyl (C=O) groups is 4. The van der Waals surface area contributed by atoms with E-state index >= 15 is 0 Å². The molecule has 0 spiro atoms. The Kier molecular flexibility index (Phi) is 9.85. The van der Waals surface area contributed by atoms with Gasteiger partial charge in [-0.1, -0.05) is 6.92 Å². The molecule has 0 atom stereocenters. The first-order valence-electron chi connectivity index (χ1n) is 7.00. The van der Waals surface area contributed by atoms with Gasteiger partial charge in [-0.15, -0.1) is 0 Å². The molecule has 0 saturated carbocycles. The van der Waals surface area contributed by atoms with Gasteiger partial charge in [-0.25, -0.2) is 0 Å². The van der Waals surface area contributed by atoms with Crippen molar-refractivity contribution in [2.75, 3.05) is 0 Å². The first-order chi connectivity index (χ1) is 8.95. The third-order valence-corrected chi connectivity index (χ3v) is 2.82. The molecule has 0 aliphatic rings. The lowest BCUT2D eigenvalue weighted by molar-refractivity contribution is -0.128. The minimum atomic E-state index is -0.168. The molecular formula is C15H24O4. The maximum atomic E-state index is 11.5. The third kappa shape index (κ3) is 11.5. The predicted octanol–water partition coefficient (Wildman–Crippen LogP) is 2.81. The van der Waals surface area contributed by atoms with Crippen molar-refractivity contribution in [3.63, 3.8) is 0 Å². The van der Waals surface area contributed by atoms with Crippen molar-refractivity contribution in [1.29, 1.82) is 0 Å². The Morgan fingerprint density at radius 3 is 1.63 bits per heavy atom. The second-order valence-corrected chi connectivity index (χ2v) is 4.95. The Balaban J connectivity index is 3.57. The molecule has 0 heterocycles. The largest absolute Gasteiger partial charge is 0.300 e. The van der Waals surface area contributed by atoms with Gasteiger partial charge in [-0.2, -0.15) is 0 Å². The van der Waals surface area contributed by atoms with E-state index in [1.165, 1.54) is 6.92 Å². The molecule has 0 fully saturated rings. The van der Waals surface area contributed by atoms with Crippen molar-refractivity contribution in [2.24, 2.45) is 0 Å². The molecule has 0 saturated heterocycles. The summed E-state index contributed by atoms with van der Waals surface area (Å²) in [5.41, 5.74) is 0. The molecule has 0 aromatic rings. The topological polar surface area (TPSA) is 68.3 Å². The molecule has 0 N–H and O–H groups in total. The van der Waals surface area contributed by atoms with Crippen LogP contribution in [-0.4, -0.2) is 23.1 Å². The van der Waals surface area contributed by atoms with Crippen molar-refractivity contribution in [3.05, 3.63) is 0 Å². The first kappa shape index (κ1) is 17.7. The van der Waals surface area contributed by atoms with Crippen molar-refractivity contribution in [2.45, 2.75) is 71.6 Å². The fourth-order valence-corrected chi connectivity index (χ4v) is 1.82. The second-order valence-electron chi connectivity index (χ2n) is 4.95. The van der Waals surface area contributed by atoms with Gasteiger partial charge in [-0.05, 0) is 26.2 Å². The summed E-state index contributed by atoms with van der Waals surface area (Å²) in [4.78, 5) is 44.6. The van der Waals surface area contributed by atoms with Crippen LogP contribution in [0.15, 0.2) is 0 Å². The van der Waals surface area contributed by atoms with E-state index in [9.17, 15) is 19.2 Å². The van der Waals surface area contributed by atoms with Crippen LogP contribution in [0, 0.1) is 0 Å². The monoisotopic (exact) mass is 268 g/mol. The van der Waals surface area contributed by atoms with Gasteiger partial charge < -0.3 is 0 Å². The van der Waals surface area contributed by atoms with Gasteiger partial charge in [0.2, 0.25) is 0 Å². The van der Waals surface area contributed by atoms with E-state index < -0.39 is 0 Å². The van der Waals surface area contributed by atoms with Crippen LogP contribution in [0.1, 0.15) is 71.6 Å². The van der Waals surface area contributed by atoms with Gasteiger partial charge in [0.05, 0.1) is 6.42 Å². The highest BCUT2D eigenvalue weighted by Crippen LogP contribution is 2.07. The summed E-state index contributed by atoms with van der Waals surface area (Å²) >= 11 is 0. The molecule has 4 nitrogen and oxygen atoms in total. The van der Waals surface area contributed by atoms with Gasteiger partial charge >= 0.3 is 0 Å². The van der Waals surface area contributed by atoms with Gasteiger partial charge in [-0.3, -0.25) is 19.2 Å². The van der Waals surface area contributed by atoms with E-state index in [1.54, 1.807) is 0 Å². The molecule has 108 valence electrons. The maximum Gasteiger partial charge on any atom is 0.140 e. The lowest BCUT2D eigenvalue weighted by Gasteiger charge is -2.01. The number of rotatable bonds is 12. The summed E-state index contributed by atoms with van der Waals surface area (Å²) in [6.45, 7) is 3.34. The molecule has 0 aliphatic heterocycles. The van der Waals surface area contributed by atoms with E-state index in [1.807, 2.05) is 6.92 Å². The smallest absolute Gasteiger partial charge is 0.140 e. The highest BCUT2D eigenvalue weighted by molar-refractivity contribution is 5.99. The Morgan fingerprint density at radius 1 is 0.684 bits per heavy atom. The zero-order valence-electron chi connectivity index (χ0n) is 12.0. The number of carbonyl (C=O) groups excluding carboxylic acids is 4. The minimum Gasteiger partial charge on any atom is -0.300 e. The minimum absolute atomic E-state index is 0.0415. The molecule has 0 aliphatic carbocycles. The zero-order valence-corrected chi connectivity index (χ0v) is 12.0. The molecule has 0 unspecified atom stereocenters. The van der Waals surface area contributed by atoms with Crippen molar-refractivity contribution < 1.29 is 19.2 Å². The van der Waals surface area contributed by atoms with Gasteiger partial charge in [0.15, 0.2) is 0 Å². The van der Waals surface area contributed by atoms with Crippen molar-refractivity contribution >= 4 is 23.1 Å². The highest BCUT2D eigenvalue weighted by Gasteiger charge is 2.09. The molecule has 0 amide bonds. The van der Waals surface area contributed by atoms with E-state index in [0.717, 1.165) is 12.8 Å². The molecule has 0 aromatic carbocycles. The number of unbranched alkanes of at least 4 members (excludes halogenated alkanes) is 1. The number of Topliss-reactive ketones (excluding diaryl/α,β-unsaturated/α-hetero) is 4. The maximum absolute atomic E-state index is 11.5. The fraction of sp³-hybridized carbons (Fsp3) is 0.733. The summed E-state index contributed by atoms with van der Waals surface area (Å²) in [7, 11) is 0. The summed E-state index contributed by atoms with van der Waals surface area (Å²) in [6.07, 6.45) is 4.21. The summed E-state index contributed by atoms with van der Waals surface area (Å²) in [5, 5.41) is 0. The summed E-state index contributed by atoms with van der Waals surface area (Å²) < 4.78 is 0. The number of hydrogen-bond donors (Lipinski definition) is 0. The molecule has 0 bridgehead atoms. The van der Waals surface area contributed by atoms with Crippen molar-refractivity contribution in [3.8, 4) is 0 Å². The van der Waals surface area contributed by atoms with E-state index in [2.05, 4.69) is 0 Å². The number of hydrogen-bond acceptors (Lipinski definition) is 4. The fourth-order valence-electron chi connectivity index (χ4n) is 1.82. The first-order valence-corrected chi connectivity index (χ1v) is 7.00. The van der Waals surface area contributed by atoms with Crippen LogP contribution >= 0.6 is 0 Å². The molecule has 4 heteroatoms. The van der Waals surface area contributed by atoms with Crippen LogP contribution in [0.3, 0.4) is 0 Å². The SMILES string of the molecule is CCCC(=O)CCCCC(=O)CCC(=O)CC(C)=O. The lowest BCUT2D eigenvalue weighted by atomic mass is 10.0. The normalized spacial score (nSPS) is 10.2. The van der Waals surface area contributed by atoms with Crippen LogP contribution in [0.4, 0.5) is 0 Å². The predicted molar refractivity (Wildman–Crippen MR) is 72.9 cm³/mol. The van der Waals surface area contributed by atoms with Gasteiger partial charge in [0, 0.05) is 32.1 Å². The Bertz CT molecular complexity index is 331. The van der Waals surface area contributed by atoms with Gasteiger partial charge in [0.1, 0.15) is 23.1 Å². The summed E-state index contributed by atoms with van der Waals surface area (Å²) in [6, 6.07) is 0. The van der Waals surface area contributed by atoms with Crippen LogP contribution in [0.25, 0.3) is 0 Å². The highest BCUT2D eigenvalue weighted by atomic mass is 16.2. The lowest BCUT2D eigenvalue weighted by Crippen LogP contribution is -2.07. The molecule has 19 heavy (non-hydrogen) atoms. The van der Waals surface area contributed by atoms with Crippen molar-refractivity contribution in [1.82, 2.24) is 0 Å². The number of ketones is 4. The van der Waals surface area contributed by atoms with Crippen LogP contribution in [0.2, 0.25) is 0 Å². The Morgan fingerprint density at radius 2 is 1.16 bits per heavy atom. The molecular weight excluding hydrogens is 244 g/mol. The standard InChI is InChI=1S/C15H24O4/c1-3-6-13(17)7-4-5-8-14(18)9-10-15(19)11-12(2)16/h3-11H2,1-2H3. The van der Waals surface area contributed by atoms with E-state index in [0.29, 0.717) is 25.7 Å². The average molecular weight is 268 g/mol. The molecule has 0 aromatic heterocycles. The van der Waals surface area contributed by atoms with E-state index in [-0.39, 0.29) is 42.4 Å². The van der Waals surface area contributed by atoms with Crippen LogP contribution in [-0.2, 0) is 19.2 Å². The van der Waals surface area contributed by atoms with Crippen LogP contribution < -0.4 is 0 Å².